The predicted octanol–water partition coefficient (Wildman–Crippen LogP) is 5.24. The zero-order valence-electron chi connectivity index (χ0n) is 10.5. The van der Waals surface area contributed by atoms with Crippen LogP contribution in [-0.2, 0) is 0 Å². The van der Waals surface area contributed by atoms with Crippen molar-refractivity contribution in [3.05, 3.63) is 6.92 Å². The minimum Gasteiger partial charge on any atom is -0.0654 e. The summed E-state index contributed by atoms with van der Waals surface area (Å²) in [6.45, 7) is 6.13. The number of hydrogen-bond acceptors (Lipinski definition) is 0. The molecule has 0 fully saturated rings. The van der Waals surface area contributed by atoms with E-state index in [4.69, 9.17) is 0 Å². The molecule has 0 aliphatic rings. The lowest BCUT2D eigenvalue weighted by Crippen LogP contribution is -1.81. The predicted molar refractivity (Wildman–Crippen MR) is 62.9 cm³/mol. The highest BCUT2D eigenvalue weighted by molar-refractivity contribution is 4.48. The average molecular weight is 184 g/mol. The van der Waals surface area contributed by atoms with Crippen molar-refractivity contribution in [1.82, 2.24) is 0 Å². The summed E-state index contributed by atoms with van der Waals surface area (Å²) in [6, 6.07) is 0. The van der Waals surface area contributed by atoms with Gasteiger partial charge in [0, 0.05) is 0 Å². The zero-order chi connectivity index (χ0) is 9.78. The first kappa shape index (κ1) is 13.0. The molecule has 0 heterocycles. The molecular weight excluding hydrogens is 156 g/mol. The molecule has 0 amide bonds. The van der Waals surface area contributed by atoms with Crippen molar-refractivity contribution < 1.29 is 1.43 Å². The molecule has 0 bridgehead atoms. The van der Waals surface area contributed by atoms with Crippen LogP contribution >= 0.6 is 0 Å². The third kappa shape index (κ3) is 12.0. The first-order valence-corrected chi connectivity index (χ1v) is 6.21. The maximum absolute atomic E-state index is 3.85. The lowest BCUT2D eigenvalue weighted by Gasteiger charge is -2.00. The molecule has 0 heteroatoms. The molecule has 0 spiro atoms. The smallest absolute Gasteiger partial charge is 0.0654 e. The topological polar surface area (TPSA) is 0 Å². The molecule has 0 N–H and O–H groups in total. The van der Waals surface area contributed by atoms with Crippen molar-refractivity contribution >= 4 is 0 Å². The van der Waals surface area contributed by atoms with E-state index in [1.54, 1.807) is 0 Å². The minimum absolute atomic E-state index is 0. The van der Waals surface area contributed by atoms with Gasteiger partial charge in [-0.2, -0.15) is 0 Å². The molecule has 0 rings (SSSR count). The molecule has 13 heavy (non-hydrogen) atoms. The second kappa shape index (κ2) is 12.0. The summed E-state index contributed by atoms with van der Waals surface area (Å²) in [5, 5.41) is 0. The van der Waals surface area contributed by atoms with Crippen LogP contribution in [-0.4, -0.2) is 0 Å². The molecule has 79 valence electrons. The Balaban J connectivity index is 0. The average Bonchev–Trinajstić information content (AvgIpc) is 2.16. The van der Waals surface area contributed by atoms with Crippen LogP contribution in [0.1, 0.15) is 79.0 Å². The zero-order valence-corrected chi connectivity index (χ0v) is 9.49. The molecule has 0 aromatic rings. The molecule has 1 radical (unpaired) electrons. The SMILES string of the molecule is [CH2]CCCCCCCCCCCC.[H+]. The molecule has 0 nitrogen and oxygen atoms in total. The highest BCUT2D eigenvalue weighted by Gasteiger charge is 1.90. The van der Waals surface area contributed by atoms with E-state index in [2.05, 4.69) is 13.8 Å². The monoisotopic (exact) mass is 184 g/mol. The third-order valence-electron chi connectivity index (χ3n) is 2.60. The lowest BCUT2D eigenvalue weighted by atomic mass is 10.1. The molecule has 0 unspecified atom stereocenters. The second-order valence-electron chi connectivity index (χ2n) is 4.04. The molecule has 0 aromatic heterocycles. The van der Waals surface area contributed by atoms with Crippen molar-refractivity contribution in [2.45, 2.75) is 77.6 Å². The van der Waals surface area contributed by atoms with Crippen LogP contribution in [0.3, 0.4) is 0 Å². The first-order valence-electron chi connectivity index (χ1n) is 6.21. The Morgan fingerprint density at radius 1 is 0.692 bits per heavy atom. The largest absolute Gasteiger partial charge is 1.00 e. The molecule has 0 aliphatic carbocycles. The van der Waals surface area contributed by atoms with Gasteiger partial charge in [0.15, 0.2) is 0 Å². The standard InChI is InChI=1S/C13H27/c1-3-5-7-9-11-13-12-10-8-6-4-2/h1,3-13H2,2H3/p+1. The van der Waals surface area contributed by atoms with Crippen LogP contribution in [0.25, 0.3) is 0 Å². The van der Waals surface area contributed by atoms with Crippen molar-refractivity contribution in [2.75, 3.05) is 0 Å². The Bertz CT molecular complexity index is 71.3. The Labute approximate surface area is 86.6 Å². The van der Waals surface area contributed by atoms with Crippen molar-refractivity contribution in [3.63, 3.8) is 0 Å². The molecule has 0 aliphatic heterocycles. The maximum atomic E-state index is 3.85. The molecular formula is C13H28+. The Morgan fingerprint density at radius 3 is 1.46 bits per heavy atom. The summed E-state index contributed by atoms with van der Waals surface area (Å²) in [7, 11) is 0. The maximum Gasteiger partial charge on any atom is 1.00 e. The van der Waals surface area contributed by atoms with Gasteiger partial charge in [0.25, 0.3) is 0 Å². The summed E-state index contributed by atoms with van der Waals surface area (Å²) in [4.78, 5) is 0. The fourth-order valence-corrected chi connectivity index (χ4v) is 1.66. The van der Waals surface area contributed by atoms with Gasteiger partial charge in [-0.15, -0.1) is 0 Å². The van der Waals surface area contributed by atoms with E-state index in [0.29, 0.717) is 0 Å². The van der Waals surface area contributed by atoms with Gasteiger partial charge in [0.2, 0.25) is 0 Å². The first-order chi connectivity index (χ1) is 6.41. The Hall–Kier alpha value is 0. The van der Waals surface area contributed by atoms with Gasteiger partial charge in [-0.3, -0.25) is 0 Å². The van der Waals surface area contributed by atoms with Crippen molar-refractivity contribution in [1.29, 1.82) is 0 Å². The van der Waals surface area contributed by atoms with E-state index in [1.165, 1.54) is 64.2 Å². The summed E-state index contributed by atoms with van der Waals surface area (Å²) >= 11 is 0. The van der Waals surface area contributed by atoms with Crippen LogP contribution in [0, 0.1) is 6.92 Å². The van der Waals surface area contributed by atoms with Crippen LogP contribution in [0.2, 0.25) is 0 Å². The fraction of sp³-hybridized carbons (Fsp3) is 0.923. The van der Waals surface area contributed by atoms with Crippen LogP contribution < -0.4 is 0 Å². The number of rotatable bonds is 10. The van der Waals surface area contributed by atoms with Gasteiger partial charge in [-0.25, -0.2) is 0 Å². The number of unbranched alkanes of at least 4 members (excludes halogenated alkanes) is 10. The van der Waals surface area contributed by atoms with E-state index in [-0.39, 0.29) is 1.43 Å². The highest BCUT2D eigenvalue weighted by atomic mass is 14.0. The molecule has 0 aromatic carbocycles. The minimum atomic E-state index is 0. The summed E-state index contributed by atoms with van der Waals surface area (Å²) in [5.41, 5.74) is 0. The molecule has 0 saturated heterocycles. The van der Waals surface area contributed by atoms with Gasteiger partial charge in [0.05, 0.1) is 0 Å². The summed E-state index contributed by atoms with van der Waals surface area (Å²) in [5.74, 6) is 0. The molecule has 0 atom stereocenters. The van der Waals surface area contributed by atoms with E-state index >= 15 is 0 Å². The van der Waals surface area contributed by atoms with E-state index in [0.717, 1.165) is 6.42 Å². The van der Waals surface area contributed by atoms with Crippen LogP contribution in [0.15, 0.2) is 0 Å². The second-order valence-corrected chi connectivity index (χ2v) is 4.04. The van der Waals surface area contributed by atoms with Crippen LogP contribution in [0.5, 0.6) is 0 Å². The quantitative estimate of drug-likeness (QED) is 0.407. The Morgan fingerprint density at radius 2 is 1.08 bits per heavy atom. The third-order valence-corrected chi connectivity index (χ3v) is 2.60. The normalized spacial score (nSPS) is 10.6. The van der Waals surface area contributed by atoms with Crippen molar-refractivity contribution in [3.8, 4) is 0 Å². The molecule has 0 saturated carbocycles. The Kier molecular flexibility index (Phi) is 12.0. The summed E-state index contributed by atoms with van der Waals surface area (Å²) in [6.07, 6.45) is 15.4. The van der Waals surface area contributed by atoms with Gasteiger partial charge >= 0.3 is 1.43 Å². The van der Waals surface area contributed by atoms with Gasteiger partial charge in [-0.05, 0) is 0 Å². The highest BCUT2D eigenvalue weighted by Crippen LogP contribution is 2.10. The summed E-state index contributed by atoms with van der Waals surface area (Å²) < 4.78 is 0. The fourth-order valence-electron chi connectivity index (χ4n) is 1.66. The van der Waals surface area contributed by atoms with Gasteiger partial charge in [-0.1, -0.05) is 84.5 Å². The van der Waals surface area contributed by atoms with Gasteiger partial charge in [0.1, 0.15) is 0 Å². The van der Waals surface area contributed by atoms with Gasteiger partial charge < -0.3 is 0 Å². The van der Waals surface area contributed by atoms with E-state index in [9.17, 15) is 0 Å². The number of hydrogen-bond donors (Lipinski definition) is 0. The van der Waals surface area contributed by atoms with Crippen LogP contribution in [0.4, 0.5) is 0 Å². The van der Waals surface area contributed by atoms with E-state index in [1.807, 2.05) is 0 Å². The van der Waals surface area contributed by atoms with E-state index < -0.39 is 0 Å². The van der Waals surface area contributed by atoms with Crippen molar-refractivity contribution in [2.24, 2.45) is 0 Å². The lowest BCUT2D eigenvalue weighted by molar-refractivity contribution is 0.557.